The fourth-order valence-electron chi connectivity index (χ4n) is 5.29. The number of hydrogen-bond acceptors (Lipinski definition) is 5. The number of hydrogen-bond donors (Lipinski definition) is 1. The highest BCUT2D eigenvalue weighted by Gasteiger charge is 2.45. The molecule has 0 radical (unpaired) electrons. The Balaban J connectivity index is 0.00000442. The predicted molar refractivity (Wildman–Crippen MR) is 154 cm³/mol. The summed E-state index contributed by atoms with van der Waals surface area (Å²) >= 11 is 0. The van der Waals surface area contributed by atoms with Crippen LogP contribution >= 0.6 is 12.4 Å². The molecule has 5 rings (SSSR count). The van der Waals surface area contributed by atoms with Gasteiger partial charge < -0.3 is 15.5 Å². The molecule has 0 saturated carbocycles. The minimum absolute atomic E-state index is 0. The first-order valence-corrected chi connectivity index (χ1v) is 13.4. The zero-order valence-corrected chi connectivity index (χ0v) is 24.0. The number of anilines is 1. The van der Waals surface area contributed by atoms with Crippen LogP contribution in [0.5, 0.6) is 0 Å². The number of allylic oxidation sites excluding steroid dienone is 1. The maximum atomic E-state index is 15.6. The number of carbonyl (C=O) groups excluding carboxylic acids is 3. The Morgan fingerprint density at radius 2 is 1.57 bits per heavy atom. The minimum atomic E-state index is -4.99. The lowest BCUT2D eigenvalue weighted by Gasteiger charge is -2.33. The molecule has 2 N–H and O–H groups in total. The van der Waals surface area contributed by atoms with Gasteiger partial charge in [0.25, 0.3) is 11.8 Å². The van der Waals surface area contributed by atoms with Crippen LogP contribution in [-0.4, -0.2) is 82.5 Å². The smallest absolute Gasteiger partial charge is 0.369 e. The highest BCUT2D eigenvalue weighted by Crippen LogP contribution is 2.44. The van der Waals surface area contributed by atoms with Crippen molar-refractivity contribution in [1.82, 2.24) is 19.6 Å². The van der Waals surface area contributed by atoms with Gasteiger partial charge in [-0.05, 0) is 18.2 Å². The van der Waals surface area contributed by atoms with Crippen molar-refractivity contribution in [2.75, 3.05) is 44.2 Å². The number of para-hydroxylation sites is 2. The SMILES string of the molecule is Cl.NC(=O)CN1CCN(C(=O)C=C2c3ccccc3N(C(=O)c3cnn(-c4ccccc4)c3C(F)(F)F)CCC2(F)F)CC1. The minimum Gasteiger partial charge on any atom is -0.369 e. The first kappa shape index (κ1) is 32.6. The Bertz CT molecular complexity index is 1570. The normalized spacial score (nSPS) is 17.9. The molecule has 3 heterocycles. The van der Waals surface area contributed by atoms with Gasteiger partial charge in [0.15, 0.2) is 5.69 Å². The first-order chi connectivity index (χ1) is 20.4. The van der Waals surface area contributed by atoms with E-state index in [0.29, 0.717) is 17.8 Å². The Labute approximate surface area is 255 Å². The van der Waals surface area contributed by atoms with Crippen molar-refractivity contribution < 1.29 is 36.3 Å². The second-order valence-corrected chi connectivity index (χ2v) is 10.2. The number of carbonyl (C=O) groups is 3. The molecular weight excluding hydrogens is 611 g/mol. The van der Waals surface area contributed by atoms with Gasteiger partial charge in [-0.15, -0.1) is 12.4 Å². The number of benzene rings is 2. The molecule has 15 heteroatoms. The summed E-state index contributed by atoms with van der Waals surface area (Å²) in [4.78, 5) is 42.0. The summed E-state index contributed by atoms with van der Waals surface area (Å²) in [5.74, 6) is -5.96. The van der Waals surface area contributed by atoms with E-state index in [1.807, 2.05) is 0 Å². The molecule has 0 aliphatic carbocycles. The van der Waals surface area contributed by atoms with Gasteiger partial charge in [-0.1, -0.05) is 36.4 Å². The quantitative estimate of drug-likeness (QED) is 0.336. The molecule has 9 nitrogen and oxygen atoms in total. The number of halogens is 6. The molecule has 1 aromatic heterocycles. The van der Waals surface area contributed by atoms with Crippen molar-refractivity contribution in [3.8, 4) is 5.69 Å². The van der Waals surface area contributed by atoms with E-state index in [1.165, 1.54) is 53.4 Å². The molecule has 234 valence electrons. The highest BCUT2D eigenvalue weighted by molar-refractivity contribution is 6.09. The molecule has 44 heavy (non-hydrogen) atoms. The molecule has 1 saturated heterocycles. The molecule has 0 spiro atoms. The molecular formula is C29H28ClF5N6O3. The number of aromatic nitrogens is 2. The number of amides is 3. The molecule has 3 aromatic rings. The molecule has 2 aliphatic heterocycles. The van der Waals surface area contributed by atoms with Crippen molar-refractivity contribution in [2.24, 2.45) is 5.73 Å². The third-order valence-corrected chi connectivity index (χ3v) is 7.37. The second kappa shape index (κ2) is 12.7. The van der Waals surface area contributed by atoms with Crippen LogP contribution in [0.3, 0.4) is 0 Å². The van der Waals surface area contributed by atoms with Crippen LogP contribution in [0.25, 0.3) is 11.3 Å². The van der Waals surface area contributed by atoms with E-state index in [0.717, 1.165) is 17.2 Å². The fourth-order valence-corrected chi connectivity index (χ4v) is 5.29. The number of alkyl halides is 5. The standard InChI is InChI=1S/C29H27F5N6O3.ClH/c30-28(31)10-11-39(27(43)21-17-36-40(26(21)29(32,33)34)19-6-2-1-3-7-19)23-9-5-4-8-20(23)22(28)16-25(42)38-14-12-37(13-15-38)18-24(35)41;/h1-9,16-17H,10-15,18H2,(H2,35,41);1H. The van der Waals surface area contributed by atoms with Crippen LogP contribution in [0.4, 0.5) is 27.6 Å². The number of piperazine rings is 1. The third kappa shape index (κ3) is 6.60. The van der Waals surface area contributed by atoms with Crippen molar-refractivity contribution in [1.29, 1.82) is 0 Å². The third-order valence-electron chi connectivity index (χ3n) is 7.37. The van der Waals surface area contributed by atoms with Crippen LogP contribution in [0.2, 0.25) is 0 Å². The van der Waals surface area contributed by atoms with Gasteiger partial charge in [0, 0.05) is 56.4 Å². The predicted octanol–water partition coefficient (Wildman–Crippen LogP) is 4.01. The summed E-state index contributed by atoms with van der Waals surface area (Å²) in [6, 6.07) is 13.0. The van der Waals surface area contributed by atoms with Crippen LogP contribution in [0.15, 0.2) is 66.9 Å². The molecule has 1 fully saturated rings. The summed E-state index contributed by atoms with van der Waals surface area (Å²) in [6.07, 6.45) is -4.33. The van der Waals surface area contributed by atoms with E-state index in [9.17, 15) is 27.6 Å². The van der Waals surface area contributed by atoms with Crippen molar-refractivity contribution in [2.45, 2.75) is 18.5 Å². The molecule has 0 bridgehead atoms. The first-order valence-electron chi connectivity index (χ1n) is 13.4. The zero-order valence-electron chi connectivity index (χ0n) is 23.1. The van der Waals surface area contributed by atoms with Gasteiger partial charge in [0.05, 0.1) is 29.7 Å². The lowest BCUT2D eigenvalue weighted by molar-refractivity contribution is -0.143. The van der Waals surface area contributed by atoms with Crippen LogP contribution in [0, 0.1) is 0 Å². The summed E-state index contributed by atoms with van der Waals surface area (Å²) < 4.78 is 74.8. The summed E-state index contributed by atoms with van der Waals surface area (Å²) in [5, 5.41) is 3.81. The average molecular weight is 639 g/mol. The second-order valence-electron chi connectivity index (χ2n) is 10.2. The van der Waals surface area contributed by atoms with Crippen molar-refractivity contribution >= 4 is 41.4 Å². The van der Waals surface area contributed by atoms with Gasteiger partial charge in [-0.2, -0.15) is 18.3 Å². The maximum absolute atomic E-state index is 15.6. The maximum Gasteiger partial charge on any atom is 0.434 e. The van der Waals surface area contributed by atoms with Crippen LogP contribution < -0.4 is 10.6 Å². The number of nitrogens with two attached hydrogens (primary N) is 1. The molecule has 2 aliphatic rings. The number of nitrogens with zero attached hydrogens (tertiary/aromatic N) is 5. The molecule has 2 aromatic carbocycles. The van der Waals surface area contributed by atoms with Gasteiger partial charge in [0.1, 0.15) is 0 Å². The lowest BCUT2D eigenvalue weighted by Crippen LogP contribution is -2.50. The van der Waals surface area contributed by atoms with E-state index < -0.39 is 59.6 Å². The largest absolute Gasteiger partial charge is 0.434 e. The van der Waals surface area contributed by atoms with E-state index in [4.69, 9.17) is 5.73 Å². The average Bonchev–Trinajstić information content (AvgIpc) is 3.39. The lowest BCUT2D eigenvalue weighted by atomic mass is 9.96. The summed E-state index contributed by atoms with van der Waals surface area (Å²) in [7, 11) is 0. The summed E-state index contributed by atoms with van der Waals surface area (Å²) in [6.45, 7) is 0.405. The number of fused-ring (bicyclic) bond motifs is 1. The van der Waals surface area contributed by atoms with Crippen molar-refractivity contribution in [3.05, 3.63) is 83.7 Å². The summed E-state index contributed by atoms with van der Waals surface area (Å²) in [5.41, 5.74) is 2.30. The zero-order chi connectivity index (χ0) is 30.9. The van der Waals surface area contributed by atoms with Crippen LogP contribution in [0.1, 0.15) is 28.0 Å². The molecule has 0 unspecified atom stereocenters. The Hall–Kier alpha value is -4.30. The molecule has 0 atom stereocenters. The van der Waals surface area contributed by atoms with Gasteiger partial charge in [0.2, 0.25) is 11.8 Å². The monoisotopic (exact) mass is 638 g/mol. The van der Waals surface area contributed by atoms with E-state index in [2.05, 4.69) is 5.10 Å². The van der Waals surface area contributed by atoms with Crippen LogP contribution in [-0.2, 0) is 15.8 Å². The topological polar surface area (TPSA) is 105 Å². The number of rotatable bonds is 5. The van der Waals surface area contributed by atoms with E-state index >= 15 is 8.78 Å². The fraction of sp³-hybridized carbons (Fsp3) is 0.310. The Morgan fingerprint density at radius 1 is 0.932 bits per heavy atom. The van der Waals surface area contributed by atoms with Gasteiger partial charge >= 0.3 is 6.18 Å². The Kier molecular flexibility index (Phi) is 9.44. The van der Waals surface area contributed by atoms with Gasteiger partial charge in [-0.25, -0.2) is 13.5 Å². The van der Waals surface area contributed by atoms with Gasteiger partial charge in [-0.3, -0.25) is 19.3 Å². The van der Waals surface area contributed by atoms with Crippen molar-refractivity contribution in [3.63, 3.8) is 0 Å². The number of primary amides is 1. The highest BCUT2D eigenvalue weighted by atomic mass is 35.5. The Morgan fingerprint density at radius 3 is 2.20 bits per heavy atom. The van der Waals surface area contributed by atoms with E-state index in [1.54, 1.807) is 11.0 Å². The molecule has 3 amide bonds. The van der Waals surface area contributed by atoms with E-state index in [-0.39, 0.29) is 49.0 Å².